The molecule has 90 valence electrons. The lowest BCUT2D eigenvalue weighted by Crippen LogP contribution is -2.33. The van der Waals surface area contributed by atoms with E-state index < -0.39 is 5.54 Å². The molecule has 0 radical (unpaired) electrons. The molecule has 1 aromatic heterocycles. The highest BCUT2D eigenvalue weighted by Crippen LogP contribution is 2.39. The molecule has 2 aromatic rings. The van der Waals surface area contributed by atoms with Gasteiger partial charge in [0.1, 0.15) is 0 Å². The van der Waals surface area contributed by atoms with Crippen LogP contribution in [0.1, 0.15) is 17.4 Å². The lowest BCUT2D eigenvalue weighted by atomic mass is 9.91. The Balaban J connectivity index is 2.55. The highest BCUT2D eigenvalue weighted by Gasteiger charge is 2.29. The minimum absolute atomic E-state index is 0.633. The number of halogens is 3. The molecule has 0 saturated carbocycles. The summed E-state index contributed by atoms with van der Waals surface area (Å²) in [7, 11) is 0. The molecular formula is C12H10BrCl2NS. The number of nitrogens with two attached hydrogens (primary N) is 1. The van der Waals surface area contributed by atoms with Crippen LogP contribution in [0.2, 0.25) is 10.0 Å². The highest BCUT2D eigenvalue weighted by molar-refractivity contribution is 9.10. The van der Waals surface area contributed by atoms with Crippen LogP contribution in [0.15, 0.2) is 34.1 Å². The fourth-order valence-electron chi connectivity index (χ4n) is 1.70. The van der Waals surface area contributed by atoms with Crippen molar-refractivity contribution in [2.45, 2.75) is 12.5 Å². The molecular weight excluding hydrogens is 341 g/mol. The van der Waals surface area contributed by atoms with Crippen molar-refractivity contribution in [3.8, 4) is 0 Å². The van der Waals surface area contributed by atoms with Crippen LogP contribution in [-0.2, 0) is 5.54 Å². The summed E-state index contributed by atoms with van der Waals surface area (Å²) in [5.74, 6) is 0. The molecule has 0 saturated heterocycles. The van der Waals surface area contributed by atoms with Crippen molar-refractivity contribution in [2.75, 3.05) is 0 Å². The van der Waals surface area contributed by atoms with Gasteiger partial charge in [-0.05, 0) is 36.1 Å². The second-order valence-electron chi connectivity index (χ2n) is 3.92. The molecule has 5 heteroatoms. The standard InChI is InChI=1S/C12H10BrCl2NS/c1-12(16,11-9(14)4-5-17-11)8-3-2-7(13)6-10(8)15/h2-6H,16H2,1H3. The number of benzene rings is 1. The Hall–Kier alpha value is -0.0600. The van der Waals surface area contributed by atoms with Crippen LogP contribution >= 0.6 is 50.5 Å². The van der Waals surface area contributed by atoms with Crippen molar-refractivity contribution in [3.63, 3.8) is 0 Å². The molecule has 2 rings (SSSR count). The summed E-state index contributed by atoms with van der Waals surface area (Å²) in [6.45, 7) is 1.92. The zero-order valence-corrected chi connectivity index (χ0v) is 12.9. The third-order valence-electron chi connectivity index (χ3n) is 2.58. The van der Waals surface area contributed by atoms with Crippen LogP contribution in [0.25, 0.3) is 0 Å². The molecule has 0 aliphatic rings. The van der Waals surface area contributed by atoms with E-state index in [4.69, 9.17) is 28.9 Å². The van der Waals surface area contributed by atoms with Crippen LogP contribution < -0.4 is 5.73 Å². The first-order valence-electron chi connectivity index (χ1n) is 4.91. The first kappa shape index (κ1) is 13.4. The van der Waals surface area contributed by atoms with Gasteiger partial charge in [-0.15, -0.1) is 11.3 Å². The molecule has 0 amide bonds. The molecule has 1 aromatic carbocycles. The van der Waals surface area contributed by atoms with Crippen LogP contribution in [0.4, 0.5) is 0 Å². The lowest BCUT2D eigenvalue weighted by Gasteiger charge is -2.25. The molecule has 0 spiro atoms. The lowest BCUT2D eigenvalue weighted by molar-refractivity contribution is 0.617. The molecule has 0 bridgehead atoms. The molecule has 1 heterocycles. The van der Waals surface area contributed by atoms with Crippen molar-refractivity contribution >= 4 is 50.5 Å². The van der Waals surface area contributed by atoms with Gasteiger partial charge in [0.25, 0.3) is 0 Å². The smallest absolute Gasteiger partial charge is 0.0760 e. The molecule has 0 aliphatic heterocycles. The van der Waals surface area contributed by atoms with Crippen LogP contribution in [0.3, 0.4) is 0 Å². The molecule has 1 atom stereocenters. The van der Waals surface area contributed by atoms with E-state index in [1.54, 1.807) is 0 Å². The average Bonchev–Trinajstić information content (AvgIpc) is 2.64. The number of thiophene rings is 1. The maximum atomic E-state index is 6.38. The number of rotatable bonds is 2. The summed E-state index contributed by atoms with van der Waals surface area (Å²) in [6, 6.07) is 7.53. The monoisotopic (exact) mass is 349 g/mol. The predicted molar refractivity (Wildman–Crippen MR) is 79.1 cm³/mol. The zero-order valence-electron chi connectivity index (χ0n) is 9.01. The topological polar surface area (TPSA) is 26.0 Å². The van der Waals surface area contributed by atoms with E-state index in [1.165, 1.54) is 11.3 Å². The highest BCUT2D eigenvalue weighted by atomic mass is 79.9. The zero-order chi connectivity index (χ0) is 12.6. The Morgan fingerprint density at radius 3 is 2.47 bits per heavy atom. The fraction of sp³-hybridized carbons (Fsp3) is 0.167. The third-order valence-corrected chi connectivity index (χ3v) is 4.96. The van der Waals surface area contributed by atoms with E-state index in [-0.39, 0.29) is 0 Å². The predicted octanol–water partition coefficient (Wildman–Crippen LogP) is 5.04. The molecule has 2 N–H and O–H groups in total. The van der Waals surface area contributed by atoms with Gasteiger partial charge in [0.05, 0.1) is 10.6 Å². The van der Waals surface area contributed by atoms with Gasteiger partial charge in [-0.25, -0.2) is 0 Å². The average molecular weight is 351 g/mol. The summed E-state index contributed by atoms with van der Waals surface area (Å²) >= 11 is 17.3. The first-order chi connectivity index (χ1) is 7.93. The Morgan fingerprint density at radius 1 is 1.24 bits per heavy atom. The Morgan fingerprint density at radius 2 is 1.94 bits per heavy atom. The van der Waals surface area contributed by atoms with Crippen molar-refractivity contribution in [1.82, 2.24) is 0 Å². The Labute approximate surface area is 123 Å². The van der Waals surface area contributed by atoms with Gasteiger partial charge in [-0.2, -0.15) is 0 Å². The molecule has 17 heavy (non-hydrogen) atoms. The van der Waals surface area contributed by atoms with E-state index in [9.17, 15) is 0 Å². The van der Waals surface area contributed by atoms with E-state index >= 15 is 0 Å². The SMILES string of the molecule is CC(N)(c1ccc(Br)cc1Cl)c1sccc1Cl. The van der Waals surface area contributed by atoms with Gasteiger partial charge < -0.3 is 5.73 Å². The van der Waals surface area contributed by atoms with Gasteiger partial charge in [0.2, 0.25) is 0 Å². The van der Waals surface area contributed by atoms with Gasteiger partial charge in [0, 0.05) is 14.4 Å². The largest absolute Gasteiger partial charge is 0.317 e. The number of hydrogen-bond acceptors (Lipinski definition) is 2. The normalized spacial score (nSPS) is 14.6. The second-order valence-corrected chi connectivity index (χ2v) is 6.57. The van der Waals surface area contributed by atoms with E-state index in [0.717, 1.165) is 14.9 Å². The maximum absolute atomic E-state index is 6.38. The van der Waals surface area contributed by atoms with Crippen LogP contribution in [0, 0.1) is 0 Å². The van der Waals surface area contributed by atoms with Gasteiger partial charge in [0.15, 0.2) is 0 Å². The molecule has 0 fully saturated rings. The first-order valence-corrected chi connectivity index (χ1v) is 7.33. The van der Waals surface area contributed by atoms with E-state index in [1.807, 2.05) is 36.6 Å². The Bertz CT molecular complexity index is 551. The summed E-state index contributed by atoms with van der Waals surface area (Å²) < 4.78 is 0.930. The number of hydrogen-bond donors (Lipinski definition) is 1. The van der Waals surface area contributed by atoms with Gasteiger partial charge >= 0.3 is 0 Å². The minimum atomic E-state index is -0.678. The van der Waals surface area contributed by atoms with Crippen molar-refractivity contribution in [2.24, 2.45) is 5.73 Å². The van der Waals surface area contributed by atoms with Crippen LogP contribution in [-0.4, -0.2) is 0 Å². The quantitative estimate of drug-likeness (QED) is 0.806. The Kier molecular flexibility index (Phi) is 3.86. The van der Waals surface area contributed by atoms with Crippen molar-refractivity contribution in [3.05, 3.63) is 54.6 Å². The molecule has 0 aliphatic carbocycles. The summed E-state index contributed by atoms with van der Waals surface area (Å²) in [5, 5.41) is 3.24. The van der Waals surface area contributed by atoms with Crippen molar-refractivity contribution in [1.29, 1.82) is 0 Å². The van der Waals surface area contributed by atoms with E-state index in [2.05, 4.69) is 15.9 Å². The third kappa shape index (κ3) is 2.54. The molecule has 1 nitrogen and oxygen atoms in total. The fourth-order valence-corrected chi connectivity index (χ4v) is 3.91. The van der Waals surface area contributed by atoms with Crippen molar-refractivity contribution < 1.29 is 0 Å². The molecule has 1 unspecified atom stereocenters. The summed E-state index contributed by atoms with van der Waals surface area (Å²) in [5.41, 5.74) is 6.57. The van der Waals surface area contributed by atoms with E-state index in [0.29, 0.717) is 10.0 Å². The van der Waals surface area contributed by atoms with Gasteiger partial charge in [-0.3, -0.25) is 0 Å². The summed E-state index contributed by atoms with van der Waals surface area (Å²) in [4.78, 5) is 0.920. The summed E-state index contributed by atoms with van der Waals surface area (Å²) in [6.07, 6.45) is 0. The van der Waals surface area contributed by atoms with Crippen LogP contribution in [0.5, 0.6) is 0 Å². The second kappa shape index (κ2) is 4.90. The maximum Gasteiger partial charge on any atom is 0.0760 e. The van der Waals surface area contributed by atoms with Gasteiger partial charge in [-0.1, -0.05) is 45.2 Å². The minimum Gasteiger partial charge on any atom is -0.317 e.